The molecule has 7 aromatic rings. The zero-order valence-electron chi connectivity index (χ0n) is 45.9. The monoisotopic (exact) mass is 1010 g/mol. The van der Waals surface area contributed by atoms with Crippen molar-refractivity contribution in [2.24, 2.45) is 0 Å². The van der Waals surface area contributed by atoms with Gasteiger partial charge in [-0.15, -0.1) is 0 Å². The van der Waals surface area contributed by atoms with Crippen molar-refractivity contribution in [3.8, 4) is 33.4 Å². The molecule has 3 heteroatoms. The van der Waals surface area contributed by atoms with Gasteiger partial charge in [0.05, 0.1) is 12.1 Å². The quantitative estimate of drug-likeness (QED) is 0.150. The Bertz CT molecular complexity index is 3940. The Balaban J connectivity index is 0.800. The molecule has 0 aromatic heterocycles. The lowest BCUT2D eigenvalue weighted by atomic mass is 9.70. The van der Waals surface area contributed by atoms with E-state index in [2.05, 4.69) is 275 Å². The van der Waals surface area contributed by atoms with Gasteiger partial charge in [0, 0.05) is 62.0 Å². The Labute approximate surface area is 462 Å². The molecular formula is C75H67N3. The van der Waals surface area contributed by atoms with Crippen LogP contribution in [0.1, 0.15) is 119 Å². The highest BCUT2D eigenvalue weighted by atomic mass is 15.2. The molecule has 3 unspecified atom stereocenters. The topological polar surface area (TPSA) is 9.72 Å². The first kappa shape index (κ1) is 47.1. The largest absolute Gasteiger partial charge is 0.336 e. The number of rotatable bonds is 8. The number of fused-ring (bicyclic) bond motifs is 10. The molecule has 7 aromatic carbocycles. The molecule has 0 fully saturated rings. The van der Waals surface area contributed by atoms with E-state index in [0.29, 0.717) is 0 Å². The van der Waals surface area contributed by atoms with Gasteiger partial charge in [-0.25, -0.2) is 0 Å². The molecule has 0 bridgehead atoms. The molecule has 8 aliphatic rings. The normalized spacial score (nSPS) is 21.5. The zero-order chi connectivity index (χ0) is 52.7. The summed E-state index contributed by atoms with van der Waals surface area (Å²) in [5.74, 6) is 0.205. The maximum Gasteiger partial charge on any atom is 0.0627 e. The van der Waals surface area contributed by atoms with Gasteiger partial charge >= 0.3 is 0 Å². The lowest BCUT2D eigenvalue weighted by molar-refractivity contribution is 0.584. The second kappa shape index (κ2) is 17.4. The molecule has 0 radical (unpaired) electrons. The van der Waals surface area contributed by atoms with E-state index < -0.39 is 0 Å². The van der Waals surface area contributed by atoms with E-state index in [-0.39, 0.29) is 34.2 Å². The predicted molar refractivity (Wildman–Crippen MR) is 328 cm³/mol. The van der Waals surface area contributed by atoms with Crippen LogP contribution in [0.2, 0.25) is 0 Å². The van der Waals surface area contributed by atoms with Gasteiger partial charge < -0.3 is 14.7 Å². The molecule has 2 heterocycles. The van der Waals surface area contributed by atoms with Crippen LogP contribution in [0.15, 0.2) is 235 Å². The summed E-state index contributed by atoms with van der Waals surface area (Å²) in [5, 5.41) is 0. The first-order chi connectivity index (χ1) is 37.9. The Morgan fingerprint density at radius 3 is 1.81 bits per heavy atom. The number of allylic oxidation sites excluding steroid dienone is 12. The molecule has 3 atom stereocenters. The smallest absolute Gasteiger partial charge is 0.0627 e. The van der Waals surface area contributed by atoms with E-state index in [1.807, 2.05) is 0 Å². The summed E-state index contributed by atoms with van der Waals surface area (Å²) in [6.45, 7) is 14.7. The number of hydrogen-bond acceptors (Lipinski definition) is 3. The summed E-state index contributed by atoms with van der Waals surface area (Å²) in [4.78, 5) is 7.76. The number of nitrogens with zero attached hydrogens (tertiary/aromatic N) is 3. The van der Waals surface area contributed by atoms with Gasteiger partial charge in [-0.1, -0.05) is 181 Å². The third-order valence-electron chi connectivity index (χ3n) is 19.2. The average Bonchev–Trinajstić information content (AvgIpc) is 4.05. The fourth-order valence-corrected chi connectivity index (χ4v) is 15.1. The van der Waals surface area contributed by atoms with Gasteiger partial charge in [0.1, 0.15) is 0 Å². The van der Waals surface area contributed by atoms with Crippen LogP contribution < -0.4 is 14.7 Å². The second-order valence-electron chi connectivity index (χ2n) is 24.6. The summed E-state index contributed by atoms with van der Waals surface area (Å²) in [7, 11) is 0. The highest BCUT2D eigenvalue weighted by Gasteiger charge is 2.49. The minimum Gasteiger partial charge on any atom is -0.336 e. The van der Waals surface area contributed by atoms with Gasteiger partial charge in [0.15, 0.2) is 0 Å². The predicted octanol–water partition coefficient (Wildman–Crippen LogP) is 19.2. The van der Waals surface area contributed by atoms with Gasteiger partial charge in [0.25, 0.3) is 0 Å². The molecule has 0 spiro atoms. The molecule has 382 valence electrons. The molecule has 2 aliphatic heterocycles. The Hall–Kier alpha value is -8.14. The van der Waals surface area contributed by atoms with E-state index in [1.54, 1.807) is 0 Å². The van der Waals surface area contributed by atoms with Crippen LogP contribution in [0.25, 0.3) is 39.0 Å². The third-order valence-corrected chi connectivity index (χ3v) is 19.2. The fraction of sp³-hybridized carbons (Fsp3) is 0.227. The number of benzene rings is 7. The van der Waals surface area contributed by atoms with E-state index in [1.165, 1.54) is 123 Å². The highest BCUT2D eigenvalue weighted by molar-refractivity contribution is 5.91. The molecule has 15 rings (SSSR count). The Kier molecular flexibility index (Phi) is 10.5. The molecular weight excluding hydrogens is 943 g/mol. The molecule has 78 heavy (non-hydrogen) atoms. The van der Waals surface area contributed by atoms with Crippen molar-refractivity contribution in [1.29, 1.82) is 0 Å². The zero-order valence-corrected chi connectivity index (χ0v) is 45.9. The third kappa shape index (κ3) is 7.02. The summed E-state index contributed by atoms with van der Waals surface area (Å²) in [5.41, 5.74) is 29.2. The van der Waals surface area contributed by atoms with Crippen LogP contribution in [-0.2, 0) is 16.2 Å². The van der Waals surface area contributed by atoms with E-state index >= 15 is 0 Å². The van der Waals surface area contributed by atoms with Crippen LogP contribution in [0.4, 0.5) is 28.4 Å². The maximum absolute atomic E-state index is 2.77. The first-order valence-corrected chi connectivity index (χ1v) is 28.7. The molecule has 3 nitrogen and oxygen atoms in total. The van der Waals surface area contributed by atoms with Gasteiger partial charge in [-0.05, 0) is 194 Å². The maximum atomic E-state index is 2.77. The van der Waals surface area contributed by atoms with Crippen molar-refractivity contribution in [1.82, 2.24) is 0 Å². The second-order valence-corrected chi connectivity index (χ2v) is 24.6. The van der Waals surface area contributed by atoms with Gasteiger partial charge in [-0.2, -0.15) is 0 Å². The van der Waals surface area contributed by atoms with Crippen LogP contribution in [0, 0.1) is 0 Å². The molecule has 6 aliphatic carbocycles. The summed E-state index contributed by atoms with van der Waals surface area (Å²) in [6, 6.07) is 56.6. The highest BCUT2D eigenvalue weighted by Crippen LogP contribution is 2.60. The van der Waals surface area contributed by atoms with Gasteiger partial charge in [0.2, 0.25) is 0 Å². The van der Waals surface area contributed by atoms with Crippen molar-refractivity contribution in [3.05, 3.63) is 274 Å². The summed E-state index contributed by atoms with van der Waals surface area (Å²) >= 11 is 0. The van der Waals surface area contributed by atoms with Crippen LogP contribution in [-0.4, -0.2) is 12.1 Å². The minimum absolute atomic E-state index is 0.147. The van der Waals surface area contributed by atoms with E-state index in [4.69, 9.17) is 0 Å². The lowest BCUT2D eigenvalue weighted by Crippen LogP contribution is -2.40. The van der Waals surface area contributed by atoms with Crippen molar-refractivity contribution in [2.75, 3.05) is 14.7 Å². The Morgan fingerprint density at radius 2 is 1.12 bits per heavy atom. The number of para-hydroxylation sites is 2. The van der Waals surface area contributed by atoms with Gasteiger partial charge in [-0.3, -0.25) is 0 Å². The standard InChI is InChI=1S/C75H67N3/c1-73(2)64-29-19-20-30-71(64)78-70-40-33-48(49-31-36-58-60-38-34-56(46-67(60)74(3,4)65(58)43-49)76(52-21-11-7-12-22-52)53-23-13-8-14-24-53)41-62(70)63-42-51(45-69(73)72(63)78)50-32-37-59-61-39-35-57(47-68(61)75(5,6)66(59)44-50)77(54-25-15-9-16-26-54)55-27-17-10-18-28-55/h7-17,19,21-23,25-27,29,31-47,53,62,70H,18,20,24,28,30H2,1-6H3. The molecule has 0 amide bonds. The van der Waals surface area contributed by atoms with Crippen molar-refractivity contribution < 1.29 is 0 Å². The fourth-order valence-electron chi connectivity index (χ4n) is 15.1. The Morgan fingerprint density at radius 1 is 0.487 bits per heavy atom. The van der Waals surface area contributed by atoms with Crippen molar-refractivity contribution >= 4 is 34.0 Å². The minimum atomic E-state index is -0.189. The lowest BCUT2D eigenvalue weighted by Gasteiger charge is -2.44. The summed E-state index contributed by atoms with van der Waals surface area (Å²) < 4.78 is 0. The molecule has 0 N–H and O–H groups in total. The molecule has 0 saturated carbocycles. The van der Waals surface area contributed by atoms with E-state index in [0.717, 1.165) is 32.1 Å². The average molecular weight is 1010 g/mol. The van der Waals surface area contributed by atoms with Crippen LogP contribution in [0.5, 0.6) is 0 Å². The summed E-state index contributed by atoms with van der Waals surface area (Å²) in [6.07, 6.45) is 33.5. The van der Waals surface area contributed by atoms with Crippen LogP contribution in [0.3, 0.4) is 0 Å². The molecule has 0 saturated heterocycles. The number of hydrogen-bond donors (Lipinski definition) is 0. The first-order valence-electron chi connectivity index (χ1n) is 28.7. The van der Waals surface area contributed by atoms with Crippen LogP contribution >= 0.6 is 0 Å². The van der Waals surface area contributed by atoms with E-state index in [9.17, 15) is 0 Å². The number of anilines is 5. The SMILES string of the molecule is CC1(C)C2=C(CCC=C2)N2c3c(cc(-c4ccc5c(c4)C(C)(C)c4cc(N(C6=CC=CCC6)c6ccccc6)ccc4-5)cc31)C1C=C(c3ccc4c(c3)C(C)(C)c3cc(N(c5ccccc5)C5C=CC=CC5)ccc3-4)C=CC12. The van der Waals surface area contributed by atoms with Crippen molar-refractivity contribution in [2.45, 2.75) is 108 Å². The van der Waals surface area contributed by atoms with Crippen molar-refractivity contribution in [3.63, 3.8) is 0 Å².